The third-order valence-electron chi connectivity index (χ3n) is 3.95. The molecule has 0 radical (unpaired) electrons. The fourth-order valence-corrected chi connectivity index (χ4v) is 4.00. The van der Waals surface area contributed by atoms with E-state index in [4.69, 9.17) is 0 Å². The molecule has 1 aromatic carbocycles. The third-order valence-corrected chi connectivity index (χ3v) is 5.62. The van der Waals surface area contributed by atoms with Gasteiger partial charge in [0.1, 0.15) is 16.4 Å². The largest absolute Gasteiger partial charge is 0.471 e. The third kappa shape index (κ3) is 3.70. The van der Waals surface area contributed by atoms with Crippen LogP contribution in [-0.2, 0) is 21.8 Å². The van der Waals surface area contributed by atoms with Crippen molar-refractivity contribution in [2.75, 3.05) is 0 Å². The van der Waals surface area contributed by atoms with Crippen LogP contribution in [0, 0.1) is 5.82 Å². The summed E-state index contributed by atoms with van der Waals surface area (Å²) >= 11 is 0. The summed E-state index contributed by atoms with van der Waals surface area (Å²) in [6.07, 6.45) is -1.88. The molecule has 0 saturated carbocycles. The first-order valence-corrected chi connectivity index (χ1v) is 9.65. The molecule has 3 aromatic heterocycles. The highest BCUT2D eigenvalue weighted by Crippen LogP contribution is 2.29. The average molecular weight is 426 g/mol. The molecule has 0 aliphatic carbocycles. The zero-order valence-electron chi connectivity index (χ0n) is 14.3. The van der Waals surface area contributed by atoms with Crippen LogP contribution in [0.2, 0.25) is 0 Å². The standard InChI is InChI=1S/C17H10F4N4O3S/c18-12-3-1-2-4-13(12)29(26,27)9-11-8-25-6-5-10(7-14(25)22-11)15-23-16(28-24-15)17(19,20)21/h1-8H,9H2. The van der Waals surface area contributed by atoms with E-state index >= 15 is 0 Å². The molecule has 4 rings (SSSR count). The summed E-state index contributed by atoms with van der Waals surface area (Å²) in [6, 6.07) is 7.80. The van der Waals surface area contributed by atoms with Gasteiger partial charge in [-0.05, 0) is 24.3 Å². The molecule has 0 amide bonds. The van der Waals surface area contributed by atoms with Crippen molar-refractivity contribution < 1.29 is 30.5 Å². The van der Waals surface area contributed by atoms with Crippen LogP contribution in [0.5, 0.6) is 0 Å². The zero-order chi connectivity index (χ0) is 20.8. The van der Waals surface area contributed by atoms with Gasteiger partial charge in [-0.2, -0.15) is 18.2 Å². The maximum Gasteiger partial charge on any atom is 0.471 e. The minimum Gasteiger partial charge on any atom is -0.329 e. The quantitative estimate of drug-likeness (QED) is 0.464. The topological polar surface area (TPSA) is 90.4 Å². The Kier molecular flexibility index (Phi) is 4.37. The number of nitrogens with zero attached hydrogens (tertiary/aromatic N) is 4. The Labute approximate surface area is 160 Å². The normalized spacial score (nSPS) is 12.6. The van der Waals surface area contributed by atoms with Crippen LogP contribution in [0.4, 0.5) is 17.6 Å². The molecule has 0 N–H and O–H groups in total. The first-order valence-electron chi connectivity index (χ1n) is 8.00. The van der Waals surface area contributed by atoms with Crippen LogP contribution < -0.4 is 0 Å². The lowest BCUT2D eigenvalue weighted by Gasteiger charge is -2.03. The summed E-state index contributed by atoms with van der Waals surface area (Å²) in [7, 11) is -3.98. The summed E-state index contributed by atoms with van der Waals surface area (Å²) in [5.74, 6) is -3.18. The number of fused-ring (bicyclic) bond motifs is 1. The monoisotopic (exact) mass is 426 g/mol. The first kappa shape index (κ1) is 19.1. The number of aromatic nitrogens is 4. The van der Waals surface area contributed by atoms with E-state index in [0.29, 0.717) is 0 Å². The van der Waals surface area contributed by atoms with Gasteiger partial charge < -0.3 is 8.92 Å². The van der Waals surface area contributed by atoms with E-state index in [1.165, 1.54) is 41.1 Å². The highest BCUT2D eigenvalue weighted by Gasteiger charge is 2.38. The summed E-state index contributed by atoms with van der Waals surface area (Å²) in [5.41, 5.74) is 0.583. The Morgan fingerprint density at radius 1 is 1.10 bits per heavy atom. The highest BCUT2D eigenvalue weighted by atomic mass is 32.2. The van der Waals surface area contributed by atoms with Crippen molar-refractivity contribution in [3.63, 3.8) is 0 Å². The maximum atomic E-state index is 13.8. The Morgan fingerprint density at radius 3 is 2.55 bits per heavy atom. The predicted octanol–water partition coefficient (Wildman–Crippen LogP) is 3.52. The molecule has 0 aliphatic rings. The molecule has 0 bridgehead atoms. The van der Waals surface area contributed by atoms with Crippen molar-refractivity contribution in [1.29, 1.82) is 0 Å². The van der Waals surface area contributed by atoms with Crippen molar-refractivity contribution in [2.24, 2.45) is 0 Å². The van der Waals surface area contributed by atoms with Crippen LogP contribution >= 0.6 is 0 Å². The van der Waals surface area contributed by atoms with E-state index in [-0.39, 0.29) is 22.7 Å². The Bertz CT molecular complexity index is 1310. The van der Waals surface area contributed by atoms with Crippen LogP contribution in [0.25, 0.3) is 17.0 Å². The van der Waals surface area contributed by atoms with Gasteiger partial charge in [-0.3, -0.25) is 0 Å². The number of rotatable bonds is 4. The van der Waals surface area contributed by atoms with Crippen molar-refractivity contribution >= 4 is 15.5 Å². The second-order valence-corrected chi connectivity index (χ2v) is 7.98. The van der Waals surface area contributed by atoms with E-state index in [1.54, 1.807) is 0 Å². The molecular formula is C17H10F4N4O3S. The molecule has 150 valence electrons. The molecule has 0 spiro atoms. The van der Waals surface area contributed by atoms with Gasteiger partial charge in [-0.25, -0.2) is 17.8 Å². The minimum atomic E-state index is -4.77. The molecule has 0 fully saturated rings. The van der Waals surface area contributed by atoms with Gasteiger partial charge in [0, 0.05) is 18.0 Å². The van der Waals surface area contributed by atoms with Crippen molar-refractivity contribution in [1.82, 2.24) is 19.5 Å². The van der Waals surface area contributed by atoms with E-state index < -0.39 is 38.4 Å². The highest BCUT2D eigenvalue weighted by molar-refractivity contribution is 7.90. The molecular weight excluding hydrogens is 416 g/mol. The number of pyridine rings is 1. The van der Waals surface area contributed by atoms with Gasteiger partial charge >= 0.3 is 12.1 Å². The smallest absolute Gasteiger partial charge is 0.329 e. The summed E-state index contributed by atoms with van der Waals surface area (Å²) in [4.78, 5) is 7.00. The molecule has 0 unspecified atom stereocenters. The molecule has 0 atom stereocenters. The van der Waals surface area contributed by atoms with Crippen molar-refractivity contribution in [3.8, 4) is 11.4 Å². The molecule has 0 saturated heterocycles. The second kappa shape index (κ2) is 6.65. The van der Waals surface area contributed by atoms with E-state index in [2.05, 4.69) is 19.6 Å². The summed E-state index contributed by atoms with van der Waals surface area (Å²) in [6.45, 7) is 0. The predicted molar refractivity (Wildman–Crippen MR) is 90.8 cm³/mol. The minimum absolute atomic E-state index is 0.134. The average Bonchev–Trinajstić information content (AvgIpc) is 3.27. The van der Waals surface area contributed by atoms with Gasteiger partial charge in [0.15, 0.2) is 9.84 Å². The SMILES string of the molecule is O=S(=O)(Cc1cn2ccc(-c3noc(C(F)(F)F)n3)cc2n1)c1ccccc1F. The number of benzene rings is 1. The molecule has 7 nitrogen and oxygen atoms in total. The number of sulfone groups is 1. The number of hydrogen-bond acceptors (Lipinski definition) is 6. The zero-order valence-corrected chi connectivity index (χ0v) is 15.1. The van der Waals surface area contributed by atoms with E-state index in [0.717, 1.165) is 12.1 Å². The van der Waals surface area contributed by atoms with Gasteiger partial charge in [0.25, 0.3) is 0 Å². The Morgan fingerprint density at radius 2 is 1.86 bits per heavy atom. The van der Waals surface area contributed by atoms with Crippen LogP contribution in [-0.4, -0.2) is 27.9 Å². The van der Waals surface area contributed by atoms with Crippen LogP contribution in [0.1, 0.15) is 11.6 Å². The van der Waals surface area contributed by atoms with Crippen LogP contribution in [0.3, 0.4) is 0 Å². The van der Waals surface area contributed by atoms with Crippen molar-refractivity contribution in [3.05, 3.63) is 66.2 Å². The molecule has 4 aromatic rings. The Hall–Kier alpha value is -3.28. The number of hydrogen-bond donors (Lipinski definition) is 0. The van der Waals surface area contributed by atoms with Gasteiger partial charge in [-0.1, -0.05) is 17.3 Å². The lowest BCUT2D eigenvalue weighted by molar-refractivity contribution is -0.159. The molecule has 3 heterocycles. The number of alkyl halides is 3. The fourth-order valence-electron chi connectivity index (χ4n) is 2.67. The van der Waals surface area contributed by atoms with Crippen LogP contribution in [0.15, 0.2) is 58.2 Å². The van der Waals surface area contributed by atoms with Gasteiger partial charge in [0.05, 0.1) is 11.4 Å². The van der Waals surface area contributed by atoms with Crippen molar-refractivity contribution in [2.45, 2.75) is 16.8 Å². The molecule has 29 heavy (non-hydrogen) atoms. The maximum absolute atomic E-state index is 13.8. The lowest BCUT2D eigenvalue weighted by atomic mass is 10.2. The Balaban J connectivity index is 1.65. The lowest BCUT2D eigenvalue weighted by Crippen LogP contribution is -2.07. The van der Waals surface area contributed by atoms with E-state index in [1.807, 2.05) is 0 Å². The fraction of sp³-hybridized carbons (Fsp3) is 0.118. The van der Waals surface area contributed by atoms with Gasteiger partial charge in [-0.15, -0.1) is 0 Å². The summed E-state index contributed by atoms with van der Waals surface area (Å²) < 4.78 is 82.2. The molecule has 0 aliphatic heterocycles. The summed E-state index contributed by atoms with van der Waals surface area (Å²) in [5, 5.41) is 3.29. The molecule has 12 heteroatoms. The van der Waals surface area contributed by atoms with Gasteiger partial charge in [0.2, 0.25) is 5.82 Å². The van der Waals surface area contributed by atoms with E-state index in [9.17, 15) is 26.0 Å². The first-order chi connectivity index (χ1) is 13.6. The number of imidazole rings is 1. The number of halogens is 4. The second-order valence-electron chi connectivity index (χ2n) is 6.02.